The van der Waals surface area contributed by atoms with Gasteiger partial charge < -0.3 is 9.64 Å². The average Bonchev–Trinajstić information content (AvgIpc) is 2.15. The van der Waals surface area contributed by atoms with E-state index < -0.39 is 0 Å². The van der Waals surface area contributed by atoms with Crippen LogP contribution in [-0.2, 0) is 0 Å². The van der Waals surface area contributed by atoms with Crippen LogP contribution in [0.4, 0.5) is 0 Å². The van der Waals surface area contributed by atoms with Crippen molar-refractivity contribution in [1.29, 1.82) is 0 Å². The summed E-state index contributed by atoms with van der Waals surface area (Å²) >= 11 is 0. The van der Waals surface area contributed by atoms with Gasteiger partial charge in [0, 0.05) is 11.6 Å². The Bertz CT molecular complexity index is 345. The molecule has 0 saturated heterocycles. The van der Waals surface area contributed by atoms with Gasteiger partial charge in [0.25, 0.3) is 0 Å². The van der Waals surface area contributed by atoms with Gasteiger partial charge in [0.05, 0.1) is 7.11 Å². The normalized spacial score (nSPS) is 13.0. The van der Waals surface area contributed by atoms with Gasteiger partial charge in [0.15, 0.2) is 0 Å². The maximum absolute atomic E-state index is 5.48. The van der Waals surface area contributed by atoms with Gasteiger partial charge in [-0.05, 0) is 40.4 Å². The van der Waals surface area contributed by atoms with Crippen LogP contribution in [0.1, 0.15) is 29.7 Å². The highest BCUT2D eigenvalue weighted by molar-refractivity contribution is 5.45. The fourth-order valence-corrected chi connectivity index (χ4v) is 1.85. The van der Waals surface area contributed by atoms with E-state index in [4.69, 9.17) is 4.74 Å². The predicted molar refractivity (Wildman–Crippen MR) is 64.6 cm³/mol. The molecule has 1 unspecified atom stereocenters. The topological polar surface area (TPSA) is 12.5 Å². The molecule has 0 aliphatic rings. The van der Waals surface area contributed by atoms with Gasteiger partial charge in [-0.15, -0.1) is 0 Å². The summed E-state index contributed by atoms with van der Waals surface area (Å²) in [6, 6.07) is 4.74. The van der Waals surface area contributed by atoms with E-state index in [1.807, 2.05) is 0 Å². The Morgan fingerprint density at radius 1 is 1.20 bits per heavy atom. The predicted octanol–water partition coefficient (Wildman–Crippen LogP) is 2.93. The zero-order chi connectivity index (χ0) is 11.6. The Hall–Kier alpha value is -1.02. The maximum Gasteiger partial charge on any atom is 0.126 e. The van der Waals surface area contributed by atoms with Crippen LogP contribution in [0.2, 0.25) is 0 Å². The summed E-state index contributed by atoms with van der Waals surface area (Å²) in [7, 11) is 5.91. The molecular weight excluding hydrogens is 186 g/mol. The third-order valence-electron chi connectivity index (χ3n) is 2.88. The molecule has 0 heterocycles. The third-order valence-corrected chi connectivity index (χ3v) is 2.88. The number of rotatable bonds is 3. The van der Waals surface area contributed by atoms with Crippen molar-refractivity contribution in [2.75, 3.05) is 21.2 Å². The molecule has 0 aromatic heterocycles. The Morgan fingerprint density at radius 2 is 1.80 bits per heavy atom. The van der Waals surface area contributed by atoms with Crippen LogP contribution in [0.5, 0.6) is 5.75 Å². The fraction of sp³-hybridized carbons (Fsp3) is 0.538. The molecule has 1 atom stereocenters. The number of benzene rings is 1. The van der Waals surface area contributed by atoms with Crippen molar-refractivity contribution in [2.45, 2.75) is 26.8 Å². The molecule has 84 valence electrons. The minimum Gasteiger partial charge on any atom is -0.496 e. The summed E-state index contributed by atoms with van der Waals surface area (Å²) in [4.78, 5) is 2.19. The van der Waals surface area contributed by atoms with Crippen LogP contribution in [0.25, 0.3) is 0 Å². The second kappa shape index (κ2) is 4.67. The first-order valence-corrected chi connectivity index (χ1v) is 5.29. The van der Waals surface area contributed by atoms with E-state index in [1.54, 1.807) is 7.11 Å². The highest BCUT2D eigenvalue weighted by atomic mass is 16.5. The van der Waals surface area contributed by atoms with Crippen molar-refractivity contribution >= 4 is 0 Å². The number of aryl methyl sites for hydroxylation is 2. The molecular formula is C13H21NO. The second-order valence-corrected chi connectivity index (χ2v) is 4.34. The van der Waals surface area contributed by atoms with Gasteiger partial charge >= 0.3 is 0 Å². The molecule has 15 heavy (non-hydrogen) atoms. The van der Waals surface area contributed by atoms with Gasteiger partial charge in [-0.2, -0.15) is 0 Å². The molecule has 0 amide bonds. The summed E-state index contributed by atoms with van der Waals surface area (Å²) in [6.07, 6.45) is 0. The smallest absolute Gasteiger partial charge is 0.126 e. The molecule has 0 aliphatic carbocycles. The number of hydrogen-bond donors (Lipinski definition) is 0. The molecule has 0 aliphatic heterocycles. The lowest BCUT2D eigenvalue weighted by molar-refractivity contribution is 0.307. The summed E-state index contributed by atoms with van der Waals surface area (Å²) in [5.41, 5.74) is 3.76. The Kier molecular flexibility index (Phi) is 3.75. The summed E-state index contributed by atoms with van der Waals surface area (Å²) < 4.78 is 5.48. The number of hydrogen-bond acceptors (Lipinski definition) is 2. The molecule has 2 nitrogen and oxygen atoms in total. The monoisotopic (exact) mass is 207 g/mol. The lowest BCUT2D eigenvalue weighted by atomic mass is 10.00. The van der Waals surface area contributed by atoms with Crippen LogP contribution >= 0.6 is 0 Å². The van der Waals surface area contributed by atoms with Crippen LogP contribution in [0.15, 0.2) is 12.1 Å². The second-order valence-electron chi connectivity index (χ2n) is 4.34. The van der Waals surface area contributed by atoms with Gasteiger partial charge in [-0.25, -0.2) is 0 Å². The standard InChI is InChI=1S/C13H21NO/c1-9-7-10(2)13(15-6)12(8-9)11(3)14(4)5/h7-8,11H,1-6H3. The molecule has 0 bridgehead atoms. The average molecular weight is 207 g/mol. The fourth-order valence-electron chi connectivity index (χ4n) is 1.85. The zero-order valence-corrected chi connectivity index (χ0v) is 10.6. The van der Waals surface area contributed by atoms with E-state index in [9.17, 15) is 0 Å². The number of methoxy groups -OCH3 is 1. The third kappa shape index (κ3) is 2.51. The molecule has 1 aromatic rings. The van der Waals surface area contributed by atoms with Crippen molar-refractivity contribution < 1.29 is 4.74 Å². The summed E-state index contributed by atoms with van der Waals surface area (Å²) in [6.45, 7) is 6.41. The van der Waals surface area contributed by atoms with E-state index in [1.165, 1.54) is 16.7 Å². The lowest BCUT2D eigenvalue weighted by Gasteiger charge is -2.23. The Morgan fingerprint density at radius 3 is 2.27 bits per heavy atom. The van der Waals surface area contributed by atoms with Crippen LogP contribution in [0.3, 0.4) is 0 Å². The highest BCUT2D eigenvalue weighted by Crippen LogP contribution is 2.31. The molecule has 1 rings (SSSR count). The molecule has 0 fully saturated rings. The zero-order valence-electron chi connectivity index (χ0n) is 10.6. The number of nitrogens with zero attached hydrogens (tertiary/aromatic N) is 1. The first kappa shape index (κ1) is 12.1. The quantitative estimate of drug-likeness (QED) is 0.755. The first-order valence-electron chi connectivity index (χ1n) is 5.29. The molecule has 1 aromatic carbocycles. The first-order chi connectivity index (χ1) is 6.97. The van der Waals surface area contributed by atoms with Crippen molar-refractivity contribution in [3.05, 3.63) is 28.8 Å². The van der Waals surface area contributed by atoms with Crippen LogP contribution in [-0.4, -0.2) is 26.1 Å². The molecule has 0 N–H and O–H groups in total. The van der Waals surface area contributed by atoms with Crippen molar-refractivity contribution in [1.82, 2.24) is 4.90 Å². The van der Waals surface area contributed by atoms with Gasteiger partial charge in [0.2, 0.25) is 0 Å². The van der Waals surface area contributed by atoms with E-state index in [0.29, 0.717) is 6.04 Å². The summed E-state index contributed by atoms with van der Waals surface area (Å²) in [5.74, 6) is 1.02. The van der Waals surface area contributed by atoms with E-state index >= 15 is 0 Å². The Balaban J connectivity index is 3.26. The maximum atomic E-state index is 5.48. The minimum atomic E-state index is 0.374. The van der Waals surface area contributed by atoms with Crippen molar-refractivity contribution in [2.24, 2.45) is 0 Å². The lowest BCUT2D eigenvalue weighted by Crippen LogP contribution is -2.17. The van der Waals surface area contributed by atoms with Crippen molar-refractivity contribution in [3.8, 4) is 5.75 Å². The van der Waals surface area contributed by atoms with E-state index in [-0.39, 0.29) is 0 Å². The minimum absolute atomic E-state index is 0.374. The summed E-state index contributed by atoms with van der Waals surface area (Å²) in [5, 5.41) is 0. The molecule has 0 saturated carbocycles. The van der Waals surface area contributed by atoms with Gasteiger partial charge in [0.1, 0.15) is 5.75 Å². The van der Waals surface area contributed by atoms with Crippen LogP contribution < -0.4 is 4.74 Å². The van der Waals surface area contributed by atoms with Gasteiger partial charge in [-0.3, -0.25) is 0 Å². The Labute approximate surface area is 92.9 Å². The molecule has 0 spiro atoms. The van der Waals surface area contributed by atoms with E-state index in [2.05, 4.69) is 51.9 Å². The number of ether oxygens (including phenoxy) is 1. The molecule has 2 heteroatoms. The van der Waals surface area contributed by atoms with Gasteiger partial charge in [-0.1, -0.05) is 17.7 Å². The van der Waals surface area contributed by atoms with E-state index in [0.717, 1.165) is 5.75 Å². The largest absolute Gasteiger partial charge is 0.496 e. The SMILES string of the molecule is COc1c(C)cc(C)cc1C(C)N(C)C. The van der Waals surface area contributed by atoms with Crippen LogP contribution in [0, 0.1) is 13.8 Å². The highest BCUT2D eigenvalue weighted by Gasteiger charge is 2.15. The van der Waals surface area contributed by atoms with Crippen molar-refractivity contribution in [3.63, 3.8) is 0 Å². The molecule has 0 radical (unpaired) electrons.